The van der Waals surface area contributed by atoms with Crippen LogP contribution in [-0.2, 0) is 6.54 Å². The van der Waals surface area contributed by atoms with E-state index in [1.165, 1.54) is 10.6 Å². The van der Waals surface area contributed by atoms with Crippen molar-refractivity contribution < 1.29 is 9.72 Å². The number of carbonyl (C=O) groups excluding carboxylic acids is 1. The molecule has 0 aromatic carbocycles. The van der Waals surface area contributed by atoms with Gasteiger partial charge in [0.1, 0.15) is 5.56 Å². The summed E-state index contributed by atoms with van der Waals surface area (Å²) in [5.41, 5.74) is -1.05. The van der Waals surface area contributed by atoms with Gasteiger partial charge in [-0.25, -0.2) is 0 Å². The molecular weight excluding hydrogens is 250 g/mol. The van der Waals surface area contributed by atoms with Crippen LogP contribution in [0, 0.1) is 10.1 Å². The lowest BCUT2D eigenvalue weighted by Crippen LogP contribution is -2.33. The van der Waals surface area contributed by atoms with Gasteiger partial charge in [-0.3, -0.25) is 19.7 Å². The van der Waals surface area contributed by atoms with Crippen LogP contribution in [0.2, 0.25) is 0 Å². The van der Waals surface area contributed by atoms with E-state index >= 15 is 0 Å². The summed E-state index contributed by atoms with van der Waals surface area (Å²) >= 11 is 0. The molecule has 0 radical (unpaired) electrons. The minimum Gasteiger partial charge on any atom is -0.348 e. The number of hydrogen-bond donors (Lipinski definition) is 1. The third kappa shape index (κ3) is 3.51. The van der Waals surface area contributed by atoms with Gasteiger partial charge in [-0.2, -0.15) is 0 Å². The van der Waals surface area contributed by atoms with Crippen molar-refractivity contribution in [1.29, 1.82) is 0 Å². The van der Waals surface area contributed by atoms with Crippen LogP contribution in [0.5, 0.6) is 0 Å². The summed E-state index contributed by atoms with van der Waals surface area (Å²) < 4.78 is 1.18. The summed E-state index contributed by atoms with van der Waals surface area (Å²) in [5.74, 6) is -0.640. The molecule has 19 heavy (non-hydrogen) atoms. The average Bonchev–Trinajstić information content (AvgIpc) is 2.38. The van der Waals surface area contributed by atoms with Gasteiger partial charge in [0, 0.05) is 19.2 Å². The van der Waals surface area contributed by atoms with Crippen molar-refractivity contribution in [3.05, 3.63) is 50.9 Å². The minimum absolute atomic E-state index is 0.189. The molecule has 1 amide bonds. The highest BCUT2D eigenvalue weighted by Crippen LogP contribution is 2.10. The largest absolute Gasteiger partial charge is 0.348 e. The molecule has 0 unspecified atom stereocenters. The second-order valence-electron chi connectivity index (χ2n) is 3.87. The Balaban J connectivity index is 3.28. The van der Waals surface area contributed by atoms with Crippen LogP contribution in [0.1, 0.15) is 23.7 Å². The normalized spacial score (nSPS) is 9.95. The lowest BCUT2D eigenvalue weighted by Gasteiger charge is -2.07. The van der Waals surface area contributed by atoms with Crippen LogP contribution in [0.4, 0.5) is 5.69 Å². The molecule has 0 spiro atoms. The zero-order valence-corrected chi connectivity index (χ0v) is 10.6. The van der Waals surface area contributed by atoms with Crippen molar-refractivity contribution in [2.75, 3.05) is 6.54 Å². The van der Waals surface area contributed by atoms with Gasteiger partial charge in [-0.05, 0) is 6.42 Å². The number of carbonyl (C=O) groups is 1. The van der Waals surface area contributed by atoms with Crippen molar-refractivity contribution in [3.63, 3.8) is 0 Å². The molecular formula is C12H15N3O4. The number of nitrogens with one attached hydrogen (secondary N) is 1. The topological polar surface area (TPSA) is 94.2 Å². The fourth-order valence-electron chi connectivity index (χ4n) is 1.55. The molecule has 1 N–H and O–H groups in total. The van der Waals surface area contributed by atoms with Gasteiger partial charge in [0.05, 0.1) is 11.1 Å². The van der Waals surface area contributed by atoms with Crippen molar-refractivity contribution in [3.8, 4) is 0 Å². The number of rotatable bonds is 6. The Morgan fingerprint density at radius 3 is 2.84 bits per heavy atom. The molecule has 102 valence electrons. The summed E-state index contributed by atoms with van der Waals surface area (Å²) in [6.45, 7) is 5.78. The van der Waals surface area contributed by atoms with E-state index in [-0.39, 0.29) is 17.8 Å². The quantitative estimate of drug-likeness (QED) is 0.473. The van der Waals surface area contributed by atoms with Crippen LogP contribution in [0.25, 0.3) is 0 Å². The molecule has 1 aromatic rings. The first kappa shape index (κ1) is 14.6. The van der Waals surface area contributed by atoms with Gasteiger partial charge in [0.25, 0.3) is 17.2 Å². The molecule has 0 fully saturated rings. The van der Waals surface area contributed by atoms with Gasteiger partial charge in [0.2, 0.25) is 0 Å². The predicted molar refractivity (Wildman–Crippen MR) is 70.2 cm³/mol. The third-order valence-corrected chi connectivity index (χ3v) is 2.40. The van der Waals surface area contributed by atoms with E-state index in [9.17, 15) is 19.7 Å². The number of pyridine rings is 1. The Kier molecular flexibility index (Phi) is 4.99. The van der Waals surface area contributed by atoms with Crippen LogP contribution < -0.4 is 10.9 Å². The molecule has 7 nitrogen and oxygen atoms in total. The SMILES string of the molecule is C=CCNC(=O)c1cc([N+](=O)[O-])cn(CCC)c1=O. The highest BCUT2D eigenvalue weighted by atomic mass is 16.6. The van der Waals surface area contributed by atoms with Crippen LogP contribution in [0.15, 0.2) is 29.7 Å². The Morgan fingerprint density at radius 1 is 1.63 bits per heavy atom. The second-order valence-corrected chi connectivity index (χ2v) is 3.87. The predicted octanol–water partition coefficient (Wildman–Crippen LogP) is 1.08. The fourth-order valence-corrected chi connectivity index (χ4v) is 1.55. The van der Waals surface area contributed by atoms with Gasteiger partial charge < -0.3 is 9.88 Å². The van der Waals surface area contributed by atoms with E-state index in [2.05, 4.69) is 11.9 Å². The smallest absolute Gasteiger partial charge is 0.286 e. The summed E-state index contributed by atoms with van der Waals surface area (Å²) in [7, 11) is 0. The molecule has 0 aliphatic heterocycles. The minimum atomic E-state index is -0.640. The van der Waals surface area contributed by atoms with Gasteiger partial charge >= 0.3 is 0 Å². The lowest BCUT2D eigenvalue weighted by molar-refractivity contribution is -0.385. The van der Waals surface area contributed by atoms with Crippen molar-refractivity contribution in [2.24, 2.45) is 0 Å². The van der Waals surface area contributed by atoms with Gasteiger partial charge in [-0.15, -0.1) is 6.58 Å². The van der Waals surface area contributed by atoms with Gasteiger partial charge in [0.15, 0.2) is 0 Å². The van der Waals surface area contributed by atoms with E-state index in [1.807, 2.05) is 6.92 Å². The number of nitrogens with zero attached hydrogens (tertiary/aromatic N) is 2. The standard InChI is InChI=1S/C12H15N3O4/c1-3-5-13-11(16)10-7-9(15(18)19)8-14(6-4-2)12(10)17/h3,7-8H,1,4-6H2,2H3,(H,13,16). The molecule has 0 aliphatic rings. The van der Waals surface area contributed by atoms with Crippen molar-refractivity contribution in [2.45, 2.75) is 19.9 Å². The molecule has 1 aromatic heterocycles. The Labute approximate surface area is 109 Å². The van der Waals surface area contributed by atoms with E-state index in [1.54, 1.807) is 0 Å². The molecule has 0 bridgehead atoms. The number of hydrogen-bond acceptors (Lipinski definition) is 4. The molecule has 1 rings (SSSR count). The van der Waals surface area contributed by atoms with Crippen molar-refractivity contribution in [1.82, 2.24) is 9.88 Å². The maximum Gasteiger partial charge on any atom is 0.286 e. The Morgan fingerprint density at radius 2 is 2.32 bits per heavy atom. The molecule has 0 aliphatic carbocycles. The molecule has 0 saturated carbocycles. The third-order valence-electron chi connectivity index (χ3n) is 2.40. The highest BCUT2D eigenvalue weighted by Gasteiger charge is 2.18. The maximum atomic E-state index is 12.0. The lowest BCUT2D eigenvalue weighted by atomic mass is 10.2. The van der Waals surface area contributed by atoms with E-state index in [0.717, 1.165) is 12.3 Å². The van der Waals surface area contributed by atoms with Crippen LogP contribution in [-0.4, -0.2) is 21.9 Å². The summed E-state index contributed by atoms with van der Waals surface area (Å²) in [5, 5.41) is 13.2. The molecule has 0 atom stereocenters. The molecule has 1 heterocycles. The maximum absolute atomic E-state index is 12.0. The average molecular weight is 265 g/mol. The van der Waals surface area contributed by atoms with E-state index in [0.29, 0.717) is 13.0 Å². The number of amides is 1. The number of nitro groups is 1. The van der Waals surface area contributed by atoms with Crippen molar-refractivity contribution >= 4 is 11.6 Å². The van der Waals surface area contributed by atoms with Crippen LogP contribution >= 0.6 is 0 Å². The zero-order valence-electron chi connectivity index (χ0n) is 10.6. The molecule has 0 saturated heterocycles. The monoisotopic (exact) mass is 265 g/mol. The highest BCUT2D eigenvalue weighted by molar-refractivity contribution is 5.94. The molecule has 7 heteroatoms. The fraction of sp³-hybridized carbons (Fsp3) is 0.333. The number of aromatic nitrogens is 1. The number of aryl methyl sites for hydroxylation is 1. The zero-order chi connectivity index (χ0) is 14.4. The first-order valence-electron chi connectivity index (χ1n) is 5.79. The van der Waals surface area contributed by atoms with E-state index < -0.39 is 16.4 Å². The summed E-state index contributed by atoms with van der Waals surface area (Å²) in [6, 6.07) is 0.993. The van der Waals surface area contributed by atoms with Crippen LogP contribution in [0.3, 0.4) is 0 Å². The van der Waals surface area contributed by atoms with E-state index in [4.69, 9.17) is 0 Å². The Bertz CT molecular complexity index is 563. The first-order valence-corrected chi connectivity index (χ1v) is 5.79. The summed E-state index contributed by atoms with van der Waals surface area (Å²) in [4.78, 5) is 33.9. The Hall–Kier alpha value is -2.44. The first-order chi connectivity index (χ1) is 9.01. The summed E-state index contributed by atoms with van der Waals surface area (Å²) in [6.07, 6.45) is 3.24. The van der Waals surface area contributed by atoms with Gasteiger partial charge in [-0.1, -0.05) is 13.0 Å². The second kappa shape index (κ2) is 6.48.